The fourth-order valence-electron chi connectivity index (χ4n) is 2.56. The summed E-state index contributed by atoms with van der Waals surface area (Å²) in [4.78, 5) is 2.54. The molecule has 0 bridgehead atoms. The van der Waals surface area contributed by atoms with Crippen LogP contribution >= 0.6 is 11.8 Å². The van der Waals surface area contributed by atoms with Crippen LogP contribution in [0.2, 0.25) is 0 Å². The van der Waals surface area contributed by atoms with E-state index < -0.39 is 0 Å². The summed E-state index contributed by atoms with van der Waals surface area (Å²) in [7, 11) is 0. The molecule has 1 heterocycles. The molecule has 0 aromatic heterocycles. The van der Waals surface area contributed by atoms with Crippen molar-refractivity contribution in [2.24, 2.45) is 0 Å². The van der Waals surface area contributed by atoms with Crippen LogP contribution in [0.25, 0.3) is 0 Å². The van der Waals surface area contributed by atoms with Crippen LogP contribution in [0.15, 0.2) is 24.3 Å². The molecule has 0 radical (unpaired) electrons. The average Bonchev–Trinajstić information content (AvgIpc) is 2.51. The number of nitrogens with one attached hydrogen (secondary N) is 1. The maximum Gasteiger partial charge on any atom is 0.119 e. The Morgan fingerprint density at radius 3 is 2.76 bits per heavy atom. The van der Waals surface area contributed by atoms with E-state index in [0.29, 0.717) is 6.04 Å². The fourth-order valence-corrected chi connectivity index (χ4v) is 3.73. The van der Waals surface area contributed by atoms with Gasteiger partial charge in [-0.2, -0.15) is 11.8 Å². The molecule has 118 valence electrons. The number of hydrogen-bond donors (Lipinski definition) is 1. The van der Waals surface area contributed by atoms with E-state index >= 15 is 0 Å². The third-order valence-corrected chi connectivity index (χ3v) is 5.50. The van der Waals surface area contributed by atoms with Gasteiger partial charge >= 0.3 is 0 Å². The number of ether oxygens (including phenoxy) is 1. The van der Waals surface area contributed by atoms with Gasteiger partial charge in [0.05, 0.1) is 0 Å². The normalized spacial score (nSPS) is 23.2. The van der Waals surface area contributed by atoms with Gasteiger partial charge in [-0.05, 0) is 31.2 Å². The smallest absolute Gasteiger partial charge is 0.119 e. The van der Waals surface area contributed by atoms with Crippen molar-refractivity contribution in [3.05, 3.63) is 29.8 Å². The second-order valence-electron chi connectivity index (χ2n) is 5.63. The van der Waals surface area contributed by atoms with E-state index in [1.165, 1.54) is 17.9 Å². The van der Waals surface area contributed by atoms with Crippen LogP contribution in [-0.2, 0) is 6.54 Å². The van der Waals surface area contributed by atoms with Gasteiger partial charge in [0.25, 0.3) is 0 Å². The predicted molar refractivity (Wildman–Crippen MR) is 92.3 cm³/mol. The van der Waals surface area contributed by atoms with Crippen molar-refractivity contribution in [2.45, 2.75) is 38.6 Å². The summed E-state index contributed by atoms with van der Waals surface area (Å²) in [6.07, 6.45) is 0. The van der Waals surface area contributed by atoms with Gasteiger partial charge in [0, 0.05) is 36.7 Å². The quantitative estimate of drug-likeness (QED) is 0.837. The largest absolute Gasteiger partial charge is 0.492 e. The van der Waals surface area contributed by atoms with E-state index in [1.807, 2.05) is 0 Å². The van der Waals surface area contributed by atoms with Gasteiger partial charge < -0.3 is 10.1 Å². The lowest BCUT2D eigenvalue weighted by molar-refractivity contribution is 0.170. The van der Waals surface area contributed by atoms with Gasteiger partial charge in [-0.1, -0.05) is 26.0 Å². The minimum absolute atomic E-state index is 0.648. The molecular formula is C17H28N2OS. The van der Waals surface area contributed by atoms with Gasteiger partial charge in [-0.15, -0.1) is 0 Å². The Kier molecular flexibility index (Phi) is 6.87. The van der Waals surface area contributed by atoms with Crippen LogP contribution < -0.4 is 10.1 Å². The molecule has 1 aliphatic heterocycles. The Labute approximate surface area is 133 Å². The lowest BCUT2D eigenvalue weighted by Gasteiger charge is -2.37. The van der Waals surface area contributed by atoms with E-state index in [0.717, 1.165) is 37.2 Å². The minimum atomic E-state index is 0.648. The SMILES string of the molecule is CCNCc1ccc(OCCN2CCSC(C)C2C)cc1. The van der Waals surface area contributed by atoms with E-state index in [-0.39, 0.29) is 0 Å². The van der Waals surface area contributed by atoms with E-state index in [2.05, 4.69) is 67.0 Å². The number of nitrogens with zero attached hydrogens (tertiary/aromatic N) is 1. The van der Waals surface area contributed by atoms with Crippen molar-refractivity contribution < 1.29 is 4.74 Å². The molecule has 1 aromatic carbocycles. The number of benzene rings is 1. The Morgan fingerprint density at radius 2 is 2.05 bits per heavy atom. The van der Waals surface area contributed by atoms with E-state index in [9.17, 15) is 0 Å². The molecular weight excluding hydrogens is 280 g/mol. The zero-order valence-corrected chi connectivity index (χ0v) is 14.3. The maximum absolute atomic E-state index is 5.88. The molecule has 1 aliphatic rings. The summed E-state index contributed by atoms with van der Waals surface area (Å²) in [5, 5.41) is 4.06. The molecule has 2 rings (SSSR count). The Hall–Kier alpha value is -0.710. The minimum Gasteiger partial charge on any atom is -0.492 e. The van der Waals surface area contributed by atoms with Gasteiger partial charge in [-0.3, -0.25) is 4.90 Å². The third kappa shape index (κ3) is 5.20. The first kappa shape index (κ1) is 16.7. The first-order valence-corrected chi connectivity index (χ1v) is 9.03. The first-order valence-electron chi connectivity index (χ1n) is 7.98. The van der Waals surface area contributed by atoms with Crippen molar-refractivity contribution in [3.63, 3.8) is 0 Å². The highest BCUT2D eigenvalue weighted by Crippen LogP contribution is 2.23. The van der Waals surface area contributed by atoms with Crippen molar-refractivity contribution in [2.75, 3.05) is 32.0 Å². The highest BCUT2D eigenvalue weighted by Gasteiger charge is 2.24. The van der Waals surface area contributed by atoms with Crippen molar-refractivity contribution in [1.29, 1.82) is 0 Å². The Bertz CT molecular complexity index is 410. The number of thioether (sulfide) groups is 1. The predicted octanol–water partition coefficient (Wildman–Crippen LogP) is 3.00. The molecule has 4 heteroatoms. The van der Waals surface area contributed by atoms with E-state index in [1.54, 1.807) is 0 Å². The number of hydrogen-bond acceptors (Lipinski definition) is 4. The molecule has 0 spiro atoms. The van der Waals surface area contributed by atoms with Crippen molar-refractivity contribution in [1.82, 2.24) is 10.2 Å². The molecule has 0 aliphatic carbocycles. The van der Waals surface area contributed by atoms with Gasteiger partial charge in [0.15, 0.2) is 0 Å². The molecule has 3 nitrogen and oxygen atoms in total. The Balaban J connectivity index is 1.73. The molecule has 1 N–H and O–H groups in total. The van der Waals surface area contributed by atoms with Crippen LogP contribution in [0.3, 0.4) is 0 Å². The molecule has 1 aromatic rings. The second kappa shape index (κ2) is 8.66. The molecule has 0 saturated carbocycles. The summed E-state index contributed by atoms with van der Waals surface area (Å²) in [5.41, 5.74) is 1.31. The van der Waals surface area contributed by atoms with Gasteiger partial charge in [0.2, 0.25) is 0 Å². The standard InChI is InChI=1S/C17H28N2OS/c1-4-18-13-16-5-7-17(8-6-16)20-11-9-19-10-12-21-15(3)14(19)2/h5-8,14-15,18H,4,9-13H2,1-3H3. The molecule has 2 unspecified atom stereocenters. The first-order chi connectivity index (χ1) is 10.2. The molecule has 1 saturated heterocycles. The molecule has 21 heavy (non-hydrogen) atoms. The fraction of sp³-hybridized carbons (Fsp3) is 0.647. The van der Waals surface area contributed by atoms with Gasteiger partial charge in [-0.25, -0.2) is 0 Å². The van der Waals surface area contributed by atoms with Crippen LogP contribution in [0, 0.1) is 0 Å². The second-order valence-corrected chi connectivity index (χ2v) is 7.11. The third-order valence-electron chi connectivity index (χ3n) is 4.16. The number of rotatable bonds is 7. The van der Waals surface area contributed by atoms with Crippen molar-refractivity contribution in [3.8, 4) is 5.75 Å². The Morgan fingerprint density at radius 1 is 1.29 bits per heavy atom. The maximum atomic E-state index is 5.88. The zero-order valence-electron chi connectivity index (χ0n) is 13.5. The topological polar surface area (TPSA) is 24.5 Å². The summed E-state index contributed by atoms with van der Waals surface area (Å²) in [5.74, 6) is 2.22. The molecule has 1 fully saturated rings. The van der Waals surface area contributed by atoms with Crippen LogP contribution in [0.5, 0.6) is 5.75 Å². The summed E-state index contributed by atoms with van der Waals surface area (Å²) >= 11 is 2.08. The monoisotopic (exact) mass is 308 g/mol. The summed E-state index contributed by atoms with van der Waals surface area (Å²) in [6, 6.07) is 9.07. The summed E-state index contributed by atoms with van der Waals surface area (Å²) in [6.45, 7) is 11.7. The highest BCUT2D eigenvalue weighted by molar-refractivity contribution is 8.00. The molecule has 2 atom stereocenters. The van der Waals surface area contributed by atoms with E-state index in [4.69, 9.17) is 4.74 Å². The van der Waals surface area contributed by atoms with Crippen LogP contribution in [-0.4, -0.2) is 48.2 Å². The van der Waals surface area contributed by atoms with Crippen LogP contribution in [0.4, 0.5) is 0 Å². The van der Waals surface area contributed by atoms with Gasteiger partial charge in [0.1, 0.15) is 12.4 Å². The van der Waals surface area contributed by atoms with Crippen LogP contribution in [0.1, 0.15) is 26.3 Å². The lowest BCUT2D eigenvalue weighted by Crippen LogP contribution is -2.46. The average molecular weight is 308 g/mol. The zero-order chi connectivity index (χ0) is 15.1. The van der Waals surface area contributed by atoms with Crippen molar-refractivity contribution >= 4 is 11.8 Å². The summed E-state index contributed by atoms with van der Waals surface area (Å²) < 4.78 is 5.88. The molecule has 0 amide bonds. The lowest BCUT2D eigenvalue weighted by atomic mass is 10.2. The highest BCUT2D eigenvalue weighted by atomic mass is 32.2.